The molecule has 1 amide bonds. The lowest BCUT2D eigenvalue weighted by atomic mass is 10.1. The highest BCUT2D eigenvalue weighted by Gasteiger charge is 2.25. The van der Waals surface area contributed by atoms with Crippen molar-refractivity contribution in [2.75, 3.05) is 38.2 Å². The molecule has 2 aromatic carbocycles. The standard InChI is InChI=1S/C21H20FN3O3/c1-28-20-7-6-15(13-19(20)26)12-16(14-23)21(27)25-10-8-24(9-11-25)18-5-3-2-4-17(18)22/h2-7,12-13,26H,8-11H2,1H3/b16-12+. The van der Waals surface area contributed by atoms with Crippen LogP contribution in [0.25, 0.3) is 6.08 Å². The quantitative estimate of drug-likeness (QED) is 0.651. The molecule has 6 nitrogen and oxygen atoms in total. The summed E-state index contributed by atoms with van der Waals surface area (Å²) in [7, 11) is 1.44. The normalized spacial score (nSPS) is 14.5. The molecule has 1 aliphatic heterocycles. The van der Waals surface area contributed by atoms with Crippen LogP contribution < -0.4 is 9.64 Å². The van der Waals surface area contributed by atoms with Crippen molar-refractivity contribution < 1.29 is 19.0 Å². The Morgan fingerprint density at radius 3 is 2.54 bits per heavy atom. The van der Waals surface area contributed by atoms with Crippen LogP contribution in [-0.4, -0.2) is 49.2 Å². The number of hydrogen-bond donors (Lipinski definition) is 1. The lowest BCUT2D eigenvalue weighted by Crippen LogP contribution is -2.49. The average molecular weight is 381 g/mol. The van der Waals surface area contributed by atoms with Gasteiger partial charge in [0.05, 0.1) is 12.8 Å². The number of halogens is 1. The summed E-state index contributed by atoms with van der Waals surface area (Å²) in [6.45, 7) is 1.74. The van der Waals surface area contributed by atoms with Crippen molar-refractivity contribution in [2.45, 2.75) is 0 Å². The summed E-state index contributed by atoms with van der Waals surface area (Å²) in [6.07, 6.45) is 1.44. The Balaban J connectivity index is 1.70. The molecule has 1 fully saturated rings. The van der Waals surface area contributed by atoms with Gasteiger partial charge in [0, 0.05) is 26.2 Å². The minimum atomic E-state index is -0.383. The number of nitrogens with zero attached hydrogens (tertiary/aromatic N) is 3. The molecule has 1 N–H and O–H groups in total. The minimum Gasteiger partial charge on any atom is -0.504 e. The fourth-order valence-electron chi connectivity index (χ4n) is 3.13. The van der Waals surface area contributed by atoms with Gasteiger partial charge in [0.25, 0.3) is 5.91 Å². The zero-order chi connectivity index (χ0) is 20.1. The van der Waals surface area contributed by atoms with Crippen molar-refractivity contribution in [3.05, 3.63) is 59.4 Å². The molecular formula is C21H20FN3O3. The number of carbonyl (C=O) groups is 1. The highest BCUT2D eigenvalue weighted by atomic mass is 19.1. The molecule has 1 aliphatic rings. The SMILES string of the molecule is COc1ccc(/C=C(\C#N)C(=O)N2CCN(c3ccccc3F)CC2)cc1O. The number of hydrogen-bond acceptors (Lipinski definition) is 5. The first-order valence-electron chi connectivity index (χ1n) is 8.81. The molecule has 0 aliphatic carbocycles. The highest BCUT2D eigenvalue weighted by molar-refractivity contribution is 6.01. The first-order chi connectivity index (χ1) is 13.5. The van der Waals surface area contributed by atoms with Gasteiger partial charge in [0.2, 0.25) is 0 Å². The van der Waals surface area contributed by atoms with E-state index in [9.17, 15) is 19.6 Å². The van der Waals surface area contributed by atoms with Crippen LogP contribution in [0, 0.1) is 17.1 Å². The van der Waals surface area contributed by atoms with Crippen LogP contribution in [0.4, 0.5) is 10.1 Å². The van der Waals surface area contributed by atoms with Gasteiger partial charge in [0.15, 0.2) is 11.5 Å². The van der Waals surface area contributed by atoms with E-state index in [1.165, 1.54) is 25.3 Å². The van der Waals surface area contributed by atoms with Crippen molar-refractivity contribution in [1.29, 1.82) is 5.26 Å². The number of piperazine rings is 1. The summed E-state index contributed by atoms with van der Waals surface area (Å²) < 4.78 is 18.9. The first kappa shape index (κ1) is 19.2. The van der Waals surface area contributed by atoms with Gasteiger partial charge in [-0.25, -0.2) is 4.39 Å². The van der Waals surface area contributed by atoms with Crippen LogP contribution in [0.5, 0.6) is 11.5 Å². The van der Waals surface area contributed by atoms with E-state index in [1.807, 2.05) is 11.0 Å². The van der Waals surface area contributed by atoms with Gasteiger partial charge in [-0.3, -0.25) is 4.79 Å². The van der Waals surface area contributed by atoms with Crippen molar-refractivity contribution in [1.82, 2.24) is 4.90 Å². The van der Waals surface area contributed by atoms with Gasteiger partial charge < -0.3 is 19.6 Å². The summed E-state index contributed by atoms with van der Waals surface area (Å²) >= 11 is 0. The van der Waals surface area contributed by atoms with Crippen LogP contribution >= 0.6 is 0 Å². The first-order valence-corrected chi connectivity index (χ1v) is 8.81. The van der Waals surface area contributed by atoms with Crippen molar-refractivity contribution in [2.24, 2.45) is 0 Å². The van der Waals surface area contributed by atoms with Gasteiger partial charge in [-0.2, -0.15) is 5.26 Å². The molecule has 0 aromatic heterocycles. The third-order valence-corrected chi connectivity index (χ3v) is 4.62. The molecule has 0 unspecified atom stereocenters. The van der Waals surface area contributed by atoms with E-state index in [4.69, 9.17) is 4.74 Å². The van der Waals surface area contributed by atoms with Gasteiger partial charge in [0.1, 0.15) is 17.5 Å². The van der Waals surface area contributed by atoms with E-state index >= 15 is 0 Å². The average Bonchev–Trinajstić information content (AvgIpc) is 2.72. The van der Waals surface area contributed by atoms with Crippen LogP contribution in [0.3, 0.4) is 0 Å². The molecule has 28 heavy (non-hydrogen) atoms. The number of ether oxygens (including phenoxy) is 1. The van der Waals surface area contributed by atoms with E-state index < -0.39 is 0 Å². The lowest BCUT2D eigenvalue weighted by Gasteiger charge is -2.36. The summed E-state index contributed by atoms with van der Waals surface area (Å²) in [5.74, 6) is -0.434. The number of anilines is 1. The number of benzene rings is 2. The number of phenolic OH excluding ortho intramolecular Hbond substituents is 1. The Kier molecular flexibility index (Phi) is 5.80. The lowest BCUT2D eigenvalue weighted by molar-refractivity contribution is -0.126. The third kappa shape index (κ3) is 4.07. The maximum absolute atomic E-state index is 13.9. The number of carbonyl (C=O) groups excluding carboxylic acids is 1. The van der Waals surface area contributed by atoms with Crippen LogP contribution in [-0.2, 0) is 4.79 Å². The monoisotopic (exact) mass is 381 g/mol. The van der Waals surface area contributed by atoms with E-state index in [2.05, 4.69) is 0 Å². The van der Waals surface area contributed by atoms with Crippen LogP contribution in [0.1, 0.15) is 5.56 Å². The summed E-state index contributed by atoms with van der Waals surface area (Å²) in [4.78, 5) is 16.2. The zero-order valence-electron chi connectivity index (χ0n) is 15.4. The van der Waals surface area contributed by atoms with Crippen molar-refractivity contribution in [3.8, 4) is 17.6 Å². The fourth-order valence-corrected chi connectivity index (χ4v) is 3.13. The summed E-state index contributed by atoms with van der Waals surface area (Å²) in [5, 5.41) is 19.3. The Morgan fingerprint density at radius 2 is 1.93 bits per heavy atom. The molecule has 0 atom stereocenters. The molecule has 7 heteroatoms. The molecule has 2 aromatic rings. The Labute approximate surface area is 162 Å². The predicted molar refractivity (Wildman–Crippen MR) is 103 cm³/mol. The summed E-state index contributed by atoms with van der Waals surface area (Å²) in [6, 6.07) is 13.1. The number of methoxy groups -OCH3 is 1. The van der Waals surface area contributed by atoms with E-state index in [-0.39, 0.29) is 23.0 Å². The van der Waals surface area contributed by atoms with E-state index in [1.54, 1.807) is 35.2 Å². The molecule has 0 spiro atoms. The topological polar surface area (TPSA) is 76.8 Å². The number of rotatable bonds is 4. The second-order valence-corrected chi connectivity index (χ2v) is 6.33. The van der Waals surface area contributed by atoms with E-state index in [0.29, 0.717) is 43.2 Å². The van der Waals surface area contributed by atoms with Crippen LogP contribution in [0.2, 0.25) is 0 Å². The van der Waals surface area contributed by atoms with Gasteiger partial charge in [-0.15, -0.1) is 0 Å². The van der Waals surface area contributed by atoms with E-state index in [0.717, 1.165) is 0 Å². The molecule has 0 radical (unpaired) electrons. The van der Waals surface area contributed by atoms with Crippen LogP contribution in [0.15, 0.2) is 48.0 Å². The predicted octanol–water partition coefficient (Wildman–Crippen LogP) is 2.80. The largest absolute Gasteiger partial charge is 0.504 e. The maximum Gasteiger partial charge on any atom is 0.264 e. The second-order valence-electron chi connectivity index (χ2n) is 6.33. The molecule has 0 bridgehead atoms. The molecule has 144 valence electrons. The maximum atomic E-state index is 13.9. The number of phenols is 1. The Bertz CT molecular complexity index is 944. The third-order valence-electron chi connectivity index (χ3n) is 4.62. The molecule has 0 saturated carbocycles. The van der Waals surface area contributed by atoms with Gasteiger partial charge in [-0.05, 0) is 35.9 Å². The summed E-state index contributed by atoms with van der Waals surface area (Å²) in [5.41, 5.74) is 1.01. The smallest absolute Gasteiger partial charge is 0.264 e. The number of amides is 1. The number of para-hydroxylation sites is 1. The second kappa shape index (κ2) is 8.44. The molecule has 3 rings (SSSR count). The van der Waals surface area contributed by atoms with Crippen molar-refractivity contribution in [3.63, 3.8) is 0 Å². The fraction of sp³-hybridized carbons (Fsp3) is 0.238. The van der Waals surface area contributed by atoms with Crippen molar-refractivity contribution >= 4 is 17.7 Å². The van der Waals surface area contributed by atoms with Gasteiger partial charge in [-0.1, -0.05) is 18.2 Å². The highest BCUT2D eigenvalue weighted by Crippen LogP contribution is 2.27. The number of aromatic hydroxyl groups is 1. The zero-order valence-corrected chi connectivity index (χ0v) is 15.4. The minimum absolute atomic E-state index is 0.0242. The molecule has 1 saturated heterocycles. The molecule has 1 heterocycles. The Morgan fingerprint density at radius 1 is 1.21 bits per heavy atom. The Hall–Kier alpha value is -3.53. The molecular weight excluding hydrogens is 361 g/mol. The number of nitriles is 1. The van der Waals surface area contributed by atoms with Gasteiger partial charge >= 0.3 is 0 Å².